The summed E-state index contributed by atoms with van der Waals surface area (Å²) in [4.78, 5) is 4.16. The van der Waals surface area contributed by atoms with Crippen LogP contribution in [0, 0.1) is 11.6 Å². The van der Waals surface area contributed by atoms with Crippen molar-refractivity contribution in [2.45, 2.75) is 19.9 Å². The summed E-state index contributed by atoms with van der Waals surface area (Å²) < 4.78 is 33.2. The maximum atomic E-state index is 13.1. The number of benzene rings is 1. The molecular formula is C14H17F2N3O. The number of nitrogens with zero attached hydrogens (tertiary/aromatic N) is 2. The summed E-state index contributed by atoms with van der Waals surface area (Å²) in [6.07, 6.45) is 4.34. The molecular weight excluding hydrogens is 264 g/mol. The van der Waals surface area contributed by atoms with Crippen molar-refractivity contribution in [2.75, 3.05) is 18.5 Å². The number of anilines is 2. The lowest BCUT2D eigenvalue weighted by atomic mass is 10.3. The van der Waals surface area contributed by atoms with Crippen molar-refractivity contribution in [1.29, 1.82) is 0 Å². The summed E-state index contributed by atoms with van der Waals surface area (Å²) in [6, 6.07) is 3.66. The molecule has 6 heteroatoms. The van der Waals surface area contributed by atoms with E-state index in [0.717, 1.165) is 25.1 Å². The van der Waals surface area contributed by atoms with Gasteiger partial charge in [-0.1, -0.05) is 0 Å². The Hall–Kier alpha value is -1.95. The van der Waals surface area contributed by atoms with Crippen LogP contribution in [0.4, 0.5) is 20.4 Å². The first kappa shape index (κ1) is 14.5. The Morgan fingerprint density at radius 3 is 2.90 bits per heavy atom. The molecule has 0 fully saturated rings. The van der Waals surface area contributed by atoms with Crippen LogP contribution in [-0.2, 0) is 11.3 Å². The number of aromatic nitrogens is 2. The van der Waals surface area contributed by atoms with Gasteiger partial charge in [0, 0.05) is 43.9 Å². The van der Waals surface area contributed by atoms with Gasteiger partial charge in [-0.15, -0.1) is 0 Å². The van der Waals surface area contributed by atoms with Crippen LogP contribution in [0.25, 0.3) is 0 Å². The third kappa shape index (κ3) is 3.77. The molecule has 0 aliphatic heterocycles. The topological polar surface area (TPSA) is 39.1 Å². The zero-order valence-corrected chi connectivity index (χ0v) is 11.3. The number of hydrogen-bond donors (Lipinski definition) is 1. The van der Waals surface area contributed by atoms with E-state index in [2.05, 4.69) is 10.3 Å². The third-order valence-electron chi connectivity index (χ3n) is 2.78. The lowest BCUT2D eigenvalue weighted by Gasteiger charge is -2.10. The summed E-state index contributed by atoms with van der Waals surface area (Å²) in [5.41, 5.74) is 0.459. The van der Waals surface area contributed by atoms with Crippen LogP contribution in [0.2, 0.25) is 0 Å². The van der Waals surface area contributed by atoms with Crippen molar-refractivity contribution in [1.82, 2.24) is 9.55 Å². The fraction of sp³-hybridized carbons (Fsp3) is 0.357. The highest BCUT2D eigenvalue weighted by Gasteiger charge is 2.06. The van der Waals surface area contributed by atoms with Gasteiger partial charge in [0.05, 0.1) is 0 Å². The van der Waals surface area contributed by atoms with Crippen molar-refractivity contribution in [3.05, 3.63) is 42.2 Å². The van der Waals surface area contributed by atoms with Gasteiger partial charge in [0.25, 0.3) is 0 Å². The Labute approximate surface area is 116 Å². The fourth-order valence-corrected chi connectivity index (χ4v) is 1.80. The van der Waals surface area contributed by atoms with Crippen LogP contribution in [0.5, 0.6) is 0 Å². The Bertz CT molecular complexity index is 557. The van der Waals surface area contributed by atoms with Gasteiger partial charge in [-0.3, -0.25) is 0 Å². The molecule has 20 heavy (non-hydrogen) atoms. The zero-order valence-electron chi connectivity index (χ0n) is 11.3. The molecule has 0 saturated heterocycles. The smallest absolute Gasteiger partial charge is 0.207 e. The zero-order chi connectivity index (χ0) is 14.4. The maximum Gasteiger partial charge on any atom is 0.207 e. The van der Waals surface area contributed by atoms with Crippen LogP contribution in [-0.4, -0.2) is 22.8 Å². The van der Waals surface area contributed by atoms with Gasteiger partial charge in [-0.05, 0) is 25.5 Å². The minimum absolute atomic E-state index is 0.459. The predicted octanol–water partition coefficient (Wildman–Crippen LogP) is 3.33. The van der Waals surface area contributed by atoms with Gasteiger partial charge in [-0.2, -0.15) is 0 Å². The molecule has 2 rings (SSSR count). The molecule has 1 N–H and O–H groups in total. The van der Waals surface area contributed by atoms with Crippen LogP contribution in [0.1, 0.15) is 13.3 Å². The number of rotatable bonds is 7. The quantitative estimate of drug-likeness (QED) is 0.791. The van der Waals surface area contributed by atoms with Crippen LogP contribution < -0.4 is 5.32 Å². The molecule has 0 saturated carbocycles. The van der Waals surface area contributed by atoms with Crippen LogP contribution in [0.15, 0.2) is 30.6 Å². The summed E-state index contributed by atoms with van der Waals surface area (Å²) >= 11 is 0. The first-order chi connectivity index (χ1) is 9.70. The summed E-state index contributed by atoms with van der Waals surface area (Å²) in [5, 5.41) is 2.97. The maximum absolute atomic E-state index is 13.1. The molecule has 0 aliphatic rings. The van der Waals surface area contributed by atoms with Gasteiger partial charge in [0.2, 0.25) is 5.95 Å². The van der Waals surface area contributed by atoms with E-state index in [-0.39, 0.29) is 0 Å². The molecule has 0 bridgehead atoms. The van der Waals surface area contributed by atoms with Gasteiger partial charge in [-0.25, -0.2) is 13.8 Å². The fourth-order valence-electron chi connectivity index (χ4n) is 1.80. The molecule has 1 heterocycles. The summed E-state index contributed by atoms with van der Waals surface area (Å²) in [5.74, 6) is -1.16. The van der Waals surface area contributed by atoms with E-state index in [1.807, 2.05) is 17.7 Å². The molecule has 1 aromatic heterocycles. The molecule has 0 spiro atoms. The standard InChI is InChI=1S/C14H17F2N3O/c1-2-20-9-3-7-19-8-6-17-14(19)18-11-4-5-12(15)13(16)10-11/h4-6,8,10H,2-3,7,9H2,1H3,(H,17,18). The lowest BCUT2D eigenvalue weighted by molar-refractivity contribution is 0.142. The monoisotopic (exact) mass is 281 g/mol. The SMILES string of the molecule is CCOCCCn1ccnc1Nc1ccc(F)c(F)c1. The number of aryl methyl sites for hydroxylation is 1. The van der Waals surface area contributed by atoms with Crippen LogP contribution >= 0.6 is 0 Å². The van der Waals surface area contributed by atoms with E-state index < -0.39 is 11.6 Å². The second-order valence-electron chi connectivity index (χ2n) is 4.25. The number of hydrogen-bond acceptors (Lipinski definition) is 3. The minimum atomic E-state index is -0.885. The Morgan fingerprint density at radius 2 is 2.15 bits per heavy atom. The summed E-state index contributed by atoms with van der Waals surface area (Å²) in [6.45, 7) is 4.07. The largest absolute Gasteiger partial charge is 0.382 e. The highest BCUT2D eigenvalue weighted by atomic mass is 19.2. The second kappa shape index (κ2) is 7.00. The third-order valence-corrected chi connectivity index (χ3v) is 2.78. The van der Waals surface area contributed by atoms with E-state index in [4.69, 9.17) is 4.74 Å². The van der Waals surface area contributed by atoms with E-state index >= 15 is 0 Å². The first-order valence-electron chi connectivity index (χ1n) is 6.51. The molecule has 0 radical (unpaired) electrons. The summed E-state index contributed by atoms with van der Waals surface area (Å²) in [7, 11) is 0. The first-order valence-corrected chi connectivity index (χ1v) is 6.51. The Kier molecular flexibility index (Phi) is 5.06. The molecule has 0 amide bonds. The highest BCUT2D eigenvalue weighted by Crippen LogP contribution is 2.18. The number of halogens is 2. The number of ether oxygens (including phenoxy) is 1. The molecule has 1 aromatic carbocycles. The molecule has 0 aliphatic carbocycles. The molecule has 4 nitrogen and oxygen atoms in total. The van der Waals surface area contributed by atoms with E-state index in [0.29, 0.717) is 24.8 Å². The second-order valence-corrected chi connectivity index (χ2v) is 4.25. The minimum Gasteiger partial charge on any atom is -0.382 e. The van der Waals surface area contributed by atoms with Gasteiger partial charge in [0.15, 0.2) is 11.6 Å². The average molecular weight is 281 g/mol. The lowest BCUT2D eigenvalue weighted by Crippen LogP contribution is -2.06. The van der Waals surface area contributed by atoms with Crippen molar-refractivity contribution in [3.63, 3.8) is 0 Å². The molecule has 0 atom stereocenters. The molecule has 0 unspecified atom stereocenters. The number of imidazole rings is 1. The van der Waals surface area contributed by atoms with Crippen molar-refractivity contribution >= 4 is 11.6 Å². The van der Waals surface area contributed by atoms with E-state index in [9.17, 15) is 8.78 Å². The van der Waals surface area contributed by atoms with E-state index in [1.54, 1.807) is 6.20 Å². The normalized spacial score (nSPS) is 10.8. The van der Waals surface area contributed by atoms with Gasteiger partial charge < -0.3 is 14.6 Å². The van der Waals surface area contributed by atoms with Crippen LogP contribution in [0.3, 0.4) is 0 Å². The Balaban J connectivity index is 1.99. The molecule has 108 valence electrons. The van der Waals surface area contributed by atoms with Crippen molar-refractivity contribution in [3.8, 4) is 0 Å². The van der Waals surface area contributed by atoms with Gasteiger partial charge in [0.1, 0.15) is 0 Å². The highest BCUT2D eigenvalue weighted by molar-refractivity contribution is 5.53. The Morgan fingerprint density at radius 1 is 1.30 bits per heavy atom. The average Bonchev–Trinajstić information content (AvgIpc) is 2.86. The van der Waals surface area contributed by atoms with Crippen molar-refractivity contribution < 1.29 is 13.5 Å². The molecule has 2 aromatic rings. The van der Waals surface area contributed by atoms with Gasteiger partial charge >= 0.3 is 0 Å². The van der Waals surface area contributed by atoms with E-state index in [1.165, 1.54) is 6.07 Å². The number of nitrogens with one attached hydrogen (secondary N) is 1. The predicted molar refractivity (Wildman–Crippen MR) is 73.0 cm³/mol. The van der Waals surface area contributed by atoms with Crippen molar-refractivity contribution in [2.24, 2.45) is 0 Å².